The summed E-state index contributed by atoms with van der Waals surface area (Å²) in [5.41, 5.74) is 15.0. The summed E-state index contributed by atoms with van der Waals surface area (Å²) < 4.78 is 4.26. The molecule has 0 bridgehead atoms. The molecule has 0 atom stereocenters. The molecule has 2 heterocycles. The third kappa shape index (κ3) is 6.04. The molecule has 0 saturated heterocycles. The van der Waals surface area contributed by atoms with Gasteiger partial charge >= 0.3 is 0 Å². The standard InChI is InChI=1S/C54H29B7N2/c55-45-42(35-25-28-41-40(29-35)39-18-10-17-38(34-13-6-2-7-14-34)52(39)62(41)36-15-8-3-9-16-36)46(56)50(60)53-43(45)44-47(57)48(58)49(59)51(61)54(44)63(53)37-26-23-33(24-27-37)32-21-19-31(20-22-32)30-11-4-1-5-12-30/h1-29H. The Bertz CT molecular complexity index is 3600. The third-order valence-corrected chi connectivity index (χ3v) is 12.5. The summed E-state index contributed by atoms with van der Waals surface area (Å²) in [6, 6.07) is 60.6. The van der Waals surface area contributed by atoms with E-state index in [4.69, 9.17) is 54.9 Å². The van der Waals surface area contributed by atoms with E-state index in [0.29, 0.717) is 43.8 Å². The number of hydrogen-bond donors (Lipinski definition) is 0. The average Bonchev–Trinajstić information content (AvgIpc) is 3.87. The fourth-order valence-electron chi connectivity index (χ4n) is 9.47. The van der Waals surface area contributed by atoms with Gasteiger partial charge in [0.1, 0.15) is 54.9 Å². The fraction of sp³-hybridized carbons (Fsp3) is 0. The molecule has 11 rings (SSSR count). The van der Waals surface area contributed by atoms with Crippen molar-refractivity contribution in [3.8, 4) is 55.9 Å². The van der Waals surface area contributed by atoms with Gasteiger partial charge in [-0.15, -0.1) is 10.9 Å². The predicted molar refractivity (Wildman–Crippen MR) is 275 cm³/mol. The lowest BCUT2D eigenvalue weighted by molar-refractivity contribution is 1.18. The summed E-state index contributed by atoms with van der Waals surface area (Å²) in [5.74, 6) is 0. The molecule has 63 heavy (non-hydrogen) atoms. The predicted octanol–water partition coefficient (Wildman–Crippen LogP) is 6.11. The van der Waals surface area contributed by atoms with Crippen molar-refractivity contribution in [3.05, 3.63) is 176 Å². The topological polar surface area (TPSA) is 9.86 Å². The molecule has 2 nitrogen and oxygen atoms in total. The van der Waals surface area contributed by atoms with E-state index in [1.54, 1.807) is 0 Å². The molecule has 0 fully saturated rings. The van der Waals surface area contributed by atoms with E-state index in [2.05, 4.69) is 132 Å². The molecule has 0 aliphatic rings. The van der Waals surface area contributed by atoms with E-state index in [-0.39, 0.29) is 21.9 Å². The minimum absolute atomic E-state index is 0.175. The highest BCUT2D eigenvalue weighted by Gasteiger charge is 2.25. The van der Waals surface area contributed by atoms with E-state index in [9.17, 15) is 0 Å². The summed E-state index contributed by atoms with van der Waals surface area (Å²) >= 11 is 0. The van der Waals surface area contributed by atoms with Crippen molar-refractivity contribution in [2.45, 2.75) is 0 Å². The number of fused-ring (bicyclic) bond motifs is 6. The van der Waals surface area contributed by atoms with Crippen molar-refractivity contribution in [2.75, 3.05) is 0 Å². The Morgan fingerprint density at radius 2 is 0.762 bits per heavy atom. The zero-order chi connectivity index (χ0) is 43.1. The summed E-state index contributed by atoms with van der Waals surface area (Å²) in [5, 5.41) is 3.24. The van der Waals surface area contributed by atoms with Crippen molar-refractivity contribution in [3.63, 3.8) is 0 Å². The smallest absolute Gasteiger partial charge is 0.115 e. The van der Waals surface area contributed by atoms with Gasteiger partial charge in [-0.3, -0.25) is 0 Å². The number of hydrogen-bond acceptors (Lipinski definition) is 0. The molecular formula is C54H29B7N2. The van der Waals surface area contributed by atoms with Gasteiger partial charge in [0.2, 0.25) is 0 Å². The molecule has 9 aromatic carbocycles. The molecule has 11 aromatic rings. The van der Waals surface area contributed by atoms with Gasteiger partial charge in [-0.25, -0.2) is 0 Å². The van der Waals surface area contributed by atoms with E-state index in [1.807, 2.05) is 53.1 Å². The van der Waals surface area contributed by atoms with Crippen molar-refractivity contribution in [2.24, 2.45) is 0 Å². The maximum Gasteiger partial charge on any atom is 0.115 e. The van der Waals surface area contributed by atoms with E-state index < -0.39 is 0 Å². The van der Waals surface area contributed by atoms with E-state index >= 15 is 0 Å². The summed E-state index contributed by atoms with van der Waals surface area (Å²) in [7, 11) is 48.6. The van der Waals surface area contributed by atoms with Crippen LogP contribution in [-0.2, 0) is 0 Å². The number of benzene rings is 9. The first kappa shape index (κ1) is 38.9. The second-order valence-corrected chi connectivity index (χ2v) is 16.0. The van der Waals surface area contributed by atoms with Crippen molar-refractivity contribution >= 4 is 137 Å². The normalized spacial score (nSPS) is 11.6. The van der Waals surface area contributed by atoms with Gasteiger partial charge in [-0.1, -0.05) is 167 Å². The highest BCUT2D eigenvalue weighted by molar-refractivity contribution is 6.69. The van der Waals surface area contributed by atoms with Gasteiger partial charge in [0.05, 0.1) is 11.0 Å². The lowest BCUT2D eigenvalue weighted by Crippen LogP contribution is -2.48. The summed E-state index contributed by atoms with van der Waals surface area (Å²) in [6.45, 7) is 0. The number of rotatable bonds is 6. The van der Waals surface area contributed by atoms with Gasteiger partial charge in [0.15, 0.2) is 0 Å². The minimum Gasteiger partial charge on any atom is -0.311 e. The molecule has 0 aliphatic carbocycles. The van der Waals surface area contributed by atoms with Crippen LogP contribution >= 0.6 is 0 Å². The van der Waals surface area contributed by atoms with Crippen molar-refractivity contribution in [1.82, 2.24) is 9.13 Å². The Morgan fingerprint density at radius 1 is 0.286 bits per heavy atom. The maximum absolute atomic E-state index is 7.37. The Labute approximate surface area is 375 Å². The second kappa shape index (κ2) is 15.1. The van der Waals surface area contributed by atoms with Crippen LogP contribution in [0.4, 0.5) is 0 Å². The molecule has 0 aliphatic heterocycles. The first-order chi connectivity index (χ1) is 30.7. The van der Waals surface area contributed by atoms with Crippen LogP contribution in [0.15, 0.2) is 176 Å². The Hall–Kier alpha value is -6.97. The van der Waals surface area contributed by atoms with Gasteiger partial charge in [-0.05, 0) is 80.7 Å². The largest absolute Gasteiger partial charge is 0.311 e. The third-order valence-electron chi connectivity index (χ3n) is 12.5. The second-order valence-electron chi connectivity index (χ2n) is 16.0. The Kier molecular flexibility index (Phi) is 9.35. The highest BCUT2D eigenvalue weighted by atomic mass is 15.0. The first-order valence-electron chi connectivity index (χ1n) is 20.7. The molecule has 0 amide bonds. The molecule has 0 spiro atoms. The van der Waals surface area contributed by atoms with Crippen LogP contribution in [-0.4, -0.2) is 64.1 Å². The number of aromatic nitrogens is 2. The van der Waals surface area contributed by atoms with Crippen LogP contribution in [0.3, 0.4) is 0 Å². The molecule has 0 saturated carbocycles. The SMILES string of the molecule is [B]c1c([B])c([B])c2c(c1[B])c1c([B])c(-c3ccc4c(c3)c3cccc(-c5ccccc5)c3n4-c3ccccc3)c([B])c([B])c1n2-c1ccc(-c2ccc(-c3ccccc3)cc2)cc1. The molecular weight excluding hydrogens is 752 g/mol. The molecule has 9 heteroatoms. The quantitative estimate of drug-likeness (QED) is 0.181. The van der Waals surface area contributed by atoms with Crippen LogP contribution in [0.2, 0.25) is 0 Å². The van der Waals surface area contributed by atoms with Gasteiger partial charge in [-0.2, -0.15) is 0 Å². The average molecular weight is 782 g/mol. The van der Waals surface area contributed by atoms with Crippen molar-refractivity contribution in [1.29, 1.82) is 0 Å². The Morgan fingerprint density at radius 3 is 1.38 bits per heavy atom. The lowest BCUT2D eigenvalue weighted by Gasteiger charge is -2.19. The van der Waals surface area contributed by atoms with Crippen LogP contribution in [0.1, 0.15) is 0 Å². The summed E-state index contributed by atoms with van der Waals surface area (Å²) in [6.07, 6.45) is 0. The van der Waals surface area contributed by atoms with Crippen LogP contribution in [0.25, 0.3) is 99.5 Å². The fourth-order valence-corrected chi connectivity index (χ4v) is 9.47. The first-order valence-corrected chi connectivity index (χ1v) is 20.7. The van der Waals surface area contributed by atoms with Gasteiger partial charge in [0, 0.05) is 44.1 Å². The lowest BCUT2D eigenvalue weighted by atomic mass is 9.64. The monoisotopic (exact) mass is 782 g/mol. The summed E-state index contributed by atoms with van der Waals surface area (Å²) in [4.78, 5) is 0. The van der Waals surface area contributed by atoms with Crippen LogP contribution in [0, 0.1) is 0 Å². The van der Waals surface area contributed by atoms with Crippen LogP contribution in [0.5, 0.6) is 0 Å². The minimum atomic E-state index is 0.175. The molecule has 2 aromatic heterocycles. The highest BCUT2D eigenvalue weighted by Crippen LogP contribution is 2.40. The Balaban J connectivity index is 1.12. The number of nitrogens with zero attached hydrogens (tertiary/aromatic N) is 2. The zero-order valence-electron chi connectivity index (χ0n) is 34.2. The van der Waals surface area contributed by atoms with E-state index in [1.165, 1.54) is 0 Å². The van der Waals surface area contributed by atoms with Gasteiger partial charge < -0.3 is 9.13 Å². The molecule has 14 radical (unpaired) electrons. The maximum atomic E-state index is 7.37. The van der Waals surface area contributed by atoms with E-state index in [0.717, 1.165) is 72.1 Å². The molecule has 0 N–H and O–H groups in total. The number of para-hydroxylation sites is 2. The van der Waals surface area contributed by atoms with Crippen molar-refractivity contribution < 1.29 is 0 Å². The molecule has 276 valence electrons. The van der Waals surface area contributed by atoms with Gasteiger partial charge in [0.25, 0.3) is 0 Å². The van der Waals surface area contributed by atoms with Crippen LogP contribution < -0.4 is 38.2 Å². The molecule has 0 unspecified atom stereocenters. The zero-order valence-corrected chi connectivity index (χ0v) is 34.2.